The third-order valence-electron chi connectivity index (χ3n) is 4.91. The topological polar surface area (TPSA) is 46.6 Å². The van der Waals surface area contributed by atoms with Gasteiger partial charge in [0.1, 0.15) is 5.54 Å². The van der Waals surface area contributed by atoms with Crippen LogP contribution < -0.4 is 0 Å². The summed E-state index contributed by atoms with van der Waals surface area (Å²) in [5.41, 5.74) is 0.688. The fourth-order valence-corrected chi connectivity index (χ4v) is 3.66. The monoisotopic (exact) mass is 337 g/mol. The summed E-state index contributed by atoms with van der Waals surface area (Å²) in [4.78, 5) is 27.7. The molecule has 4 heteroatoms. The van der Waals surface area contributed by atoms with Crippen LogP contribution in [-0.4, -0.2) is 36.0 Å². The van der Waals surface area contributed by atoms with Crippen LogP contribution in [0.4, 0.5) is 0 Å². The number of nitrogens with zero attached hydrogens (tertiary/aromatic N) is 1. The normalized spacial score (nSPS) is 20.1. The quantitative estimate of drug-likeness (QED) is 0.803. The van der Waals surface area contributed by atoms with Crippen molar-refractivity contribution in [1.82, 2.24) is 4.90 Å². The van der Waals surface area contributed by atoms with E-state index >= 15 is 0 Å². The molecule has 2 aromatic rings. The van der Waals surface area contributed by atoms with Crippen LogP contribution in [0.5, 0.6) is 0 Å². The molecule has 0 aliphatic carbocycles. The molecule has 1 fully saturated rings. The fourth-order valence-electron chi connectivity index (χ4n) is 3.66. The summed E-state index contributed by atoms with van der Waals surface area (Å²) in [7, 11) is 1.40. The molecule has 0 aromatic heterocycles. The fraction of sp³-hybridized carbons (Fsp3) is 0.333. The average molecular weight is 337 g/mol. The van der Waals surface area contributed by atoms with Crippen molar-refractivity contribution in [1.29, 1.82) is 0 Å². The minimum Gasteiger partial charge on any atom is -0.467 e. The zero-order valence-corrected chi connectivity index (χ0v) is 14.5. The first-order chi connectivity index (χ1) is 12.2. The minimum atomic E-state index is -0.943. The van der Waals surface area contributed by atoms with Gasteiger partial charge in [-0.15, -0.1) is 0 Å². The Hall–Kier alpha value is -2.62. The van der Waals surface area contributed by atoms with Crippen molar-refractivity contribution in [3.8, 4) is 0 Å². The number of amides is 1. The SMILES string of the molecule is COC(=O)C1(Cc2ccccc2)CCCCN1C(=O)c1ccccc1. The molecule has 1 aliphatic rings. The van der Waals surface area contributed by atoms with Gasteiger partial charge in [0.15, 0.2) is 0 Å². The molecule has 1 saturated heterocycles. The molecule has 1 amide bonds. The van der Waals surface area contributed by atoms with Crippen LogP contribution in [-0.2, 0) is 16.0 Å². The summed E-state index contributed by atoms with van der Waals surface area (Å²) in [6.45, 7) is 0.565. The molecule has 1 atom stereocenters. The van der Waals surface area contributed by atoms with Crippen molar-refractivity contribution in [2.24, 2.45) is 0 Å². The summed E-state index contributed by atoms with van der Waals surface area (Å²) in [6.07, 6.45) is 2.89. The zero-order chi connectivity index (χ0) is 17.7. The highest BCUT2D eigenvalue weighted by Gasteiger charge is 2.48. The molecule has 1 unspecified atom stereocenters. The number of hydrogen-bond acceptors (Lipinski definition) is 3. The largest absolute Gasteiger partial charge is 0.467 e. The van der Waals surface area contributed by atoms with E-state index in [4.69, 9.17) is 4.74 Å². The maximum Gasteiger partial charge on any atom is 0.332 e. The third kappa shape index (κ3) is 3.43. The second-order valence-electron chi connectivity index (χ2n) is 6.47. The van der Waals surface area contributed by atoms with E-state index in [0.29, 0.717) is 24.9 Å². The van der Waals surface area contributed by atoms with Crippen molar-refractivity contribution in [3.63, 3.8) is 0 Å². The Morgan fingerprint density at radius 3 is 2.28 bits per heavy atom. The van der Waals surface area contributed by atoms with Gasteiger partial charge in [-0.3, -0.25) is 4.79 Å². The van der Waals surface area contributed by atoms with Gasteiger partial charge >= 0.3 is 5.97 Å². The second-order valence-corrected chi connectivity index (χ2v) is 6.47. The lowest BCUT2D eigenvalue weighted by Crippen LogP contribution is -2.61. The van der Waals surface area contributed by atoms with Crippen molar-refractivity contribution in [3.05, 3.63) is 71.8 Å². The van der Waals surface area contributed by atoms with Crippen LogP contribution in [0.25, 0.3) is 0 Å². The number of rotatable bonds is 4. The van der Waals surface area contributed by atoms with Gasteiger partial charge in [-0.25, -0.2) is 4.79 Å². The van der Waals surface area contributed by atoms with Crippen LogP contribution in [0.3, 0.4) is 0 Å². The zero-order valence-electron chi connectivity index (χ0n) is 14.5. The molecule has 4 nitrogen and oxygen atoms in total. The second kappa shape index (κ2) is 7.51. The average Bonchev–Trinajstić information content (AvgIpc) is 2.68. The third-order valence-corrected chi connectivity index (χ3v) is 4.91. The molecule has 0 saturated carbocycles. The first kappa shape index (κ1) is 17.2. The number of carbonyl (C=O) groups is 2. The highest BCUT2D eigenvalue weighted by molar-refractivity contribution is 5.98. The molecule has 25 heavy (non-hydrogen) atoms. The smallest absolute Gasteiger partial charge is 0.332 e. The Morgan fingerprint density at radius 1 is 1.00 bits per heavy atom. The molecule has 1 aliphatic heterocycles. The van der Waals surface area contributed by atoms with Gasteiger partial charge in [0.2, 0.25) is 0 Å². The van der Waals surface area contributed by atoms with Crippen LogP contribution in [0, 0.1) is 0 Å². The Labute approximate surface area is 148 Å². The number of esters is 1. The van der Waals surface area contributed by atoms with E-state index in [0.717, 1.165) is 18.4 Å². The van der Waals surface area contributed by atoms with Crippen molar-refractivity contribution in [2.45, 2.75) is 31.2 Å². The predicted molar refractivity (Wildman–Crippen MR) is 96.2 cm³/mol. The van der Waals surface area contributed by atoms with Crippen molar-refractivity contribution in [2.75, 3.05) is 13.7 Å². The summed E-state index contributed by atoms with van der Waals surface area (Å²) >= 11 is 0. The molecule has 0 bridgehead atoms. The van der Waals surface area contributed by atoms with Gasteiger partial charge in [-0.1, -0.05) is 48.5 Å². The Kier molecular flexibility index (Phi) is 5.17. The summed E-state index contributed by atoms with van der Waals surface area (Å²) in [5, 5.41) is 0. The molecular formula is C21H23NO3. The Bertz CT molecular complexity index is 729. The number of hydrogen-bond donors (Lipinski definition) is 0. The van der Waals surface area contributed by atoms with Gasteiger partial charge in [0.05, 0.1) is 7.11 Å². The van der Waals surface area contributed by atoms with Crippen LogP contribution in [0.15, 0.2) is 60.7 Å². The van der Waals surface area contributed by atoms with Crippen molar-refractivity contribution < 1.29 is 14.3 Å². The highest BCUT2D eigenvalue weighted by Crippen LogP contribution is 2.34. The molecule has 0 spiro atoms. The maximum absolute atomic E-state index is 13.1. The number of methoxy groups -OCH3 is 1. The van der Waals surface area contributed by atoms with E-state index in [9.17, 15) is 9.59 Å². The van der Waals surface area contributed by atoms with E-state index in [1.54, 1.807) is 17.0 Å². The number of benzene rings is 2. The summed E-state index contributed by atoms with van der Waals surface area (Å²) in [5.74, 6) is -0.443. The summed E-state index contributed by atoms with van der Waals surface area (Å²) in [6, 6.07) is 19.0. The van der Waals surface area contributed by atoms with E-state index in [2.05, 4.69) is 0 Å². The lowest BCUT2D eigenvalue weighted by molar-refractivity contribution is -0.155. The molecule has 3 rings (SSSR count). The molecular weight excluding hydrogens is 314 g/mol. The van der Waals surface area contributed by atoms with Gasteiger partial charge in [-0.2, -0.15) is 0 Å². The van der Waals surface area contributed by atoms with Crippen LogP contribution in [0.1, 0.15) is 35.2 Å². The summed E-state index contributed by atoms with van der Waals surface area (Å²) < 4.78 is 5.15. The van der Waals surface area contributed by atoms with E-state index in [1.807, 2.05) is 48.5 Å². The number of piperidine rings is 1. The minimum absolute atomic E-state index is 0.110. The molecule has 0 N–H and O–H groups in total. The van der Waals surface area contributed by atoms with Gasteiger partial charge in [0.25, 0.3) is 5.91 Å². The van der Waals surface area contributed by atoms with E-state index < -0.39 is 5.54 Å². The Balaban J connectivity index is 2.00. The Morgan fingerprint density at radius 2 is 1.64 bits per heavy atom. The van der Waals surface area contributed by atoms with Crippen molar-refractivity contribution >= 4 is 11.9 Å². The number of ether oxygens (including phenoxy) is 1. The number of likely N-dealkylation sites (tertiary alicyclic amines) is 1. The molecule has 2 aromatic carbocycles. The van der Waals surface area contributed by atoms with E-state index in [-0.39, 0.29) is 11.9 Å². The van der Waals surface area contributed by atoms with Crippen LogP contribution >= 0.6 is 0 Å². The van der Waals surface area contributed by atoms with Gasteiger partial charge in [-0.05, 0) is 37.0 Å². The predicted octanol–water partition coefficient (Wildman–Crippen LogP) is 3.47. The lowest BCUT2D eigenvalue weighted by atomic mass is 9.80. The van der Waals surface area contributed by atoms with E-state index in [1.165, 1.54) is 7.11 Å². The lowest BCUT2D eigenvalue weighted by Gasteiger charge is -2.45. The molecule has 1 heterocycles. The molecule has 0 radical (unpaired) electrons. The number of carbonyl (C=O) groups excluding carboxylic acids is 2. The maximum atomic E-state index is 13.1. The van der Waals surface area contributed by atoms with Crippen LogP contribution in [0.2, 0.25) is 0 Å². The first-order valence-electron chi connectivity index (χ1n) is 8.67. The highest BCUT2D eigenvalue weighted by atomic mass is 16.5. The van der Waals surface area contributed by atoms with Gasteiger partial charge in [0, 0.05) is 18.5 Å². The van der Waals surface area contributed by atoms with Gasteiger partial charge < -0.3 is 9.64 Å². The molecule has 130 valence electrons. The first-order valence-corrected chi connectivity index (χ1v) is 8.67. The standard InChI is InChI=1S/C21H23NO3/c1-25-20(24)21(16-17-10-4-2-5-11-17)14-8-9-15-22(21)19(23)18-12-6-3-7-13-18/h2-7,10-13H,8-9,14-16H2,1H3.